The highest BCUT2D eigenvalue weighted by atomic mass is 16.1. The number of benzene rings is 1. The molecule has 130 valence electrons. The molecule has 1 aliphatic heterocycles. The third kappa shape index (κ3) is 3.07. The van der Waals surface area contributed by atoms with E-state index in [1.54, 1.807) is 9.08 Å². The van der Waals surface area contributed by atoms with E-state index in [-0.39, 0.29) is 5.56 Å². The van der Waals surface area contributed by atoms with Gasteiger partial charge in [0.15, 0.2) is 5.82 Å². The second-order valence-corrected chi connectivity index (χ2v) is 7.02. The molecule has 1 aromatic carbocycles. The van der Waals surface area contributed by atoms with Crippen LogP contribution in [0.3, 0.4) is 0 Å². The van der Waals surface area contributed by atoms with Gasteiger partial charge < -0.3 is 0 Å². The fourth-order valence-corrected chi connectivity index (χ4v) is 3.29. The number of hydrogen-bond donors (Lipinski definition) is 0. The Hall–Kier alpha value is -2.54. The Balaban J connectivity index is 1.66. The number of hydrogen-bond acceptors (Lipinski definition) is 5. The van der Waals surface area contributed by atoms with Crippen molar-refractivity contribution in [2.45, 2.75) is 39.9 Å². The van der Waals surface area contributed by atoms with Crippen molar-refractivity contribution in [2.75, 3.05) is 6.54 Å². The topological polar surface area (TPSA) is 68.3 Å². The SMILES string of the molecule is CC(C)Cc1nnc2c(=O)n3c(nn12)CN(Cc1ccccc1)CC3. The van der Waals surface area contributed by atoms with Crippen molar-refractivity contribution in [1.29, 1.82) is 0 Å². The van der Waals surface area contributed by atoms with Gasteiger partial charge in [0, 0.05) is 26.1 Å². The van der Waals surface area contributed by atoms with Crippen LogP contribution in [0.2, 0.25) is 0 Å². The lowest BCUT2D eigenvalue weighted by atomic mass is 10.1. The number of fused-ring (bicyclic) bond motifs is 2. The fraction of sp³-hybridized carbons (Fsp3) is 0.444. The van der Waals surface area contributed by atoms with E-state index in [1.165, 1.54) is 5.56 Å². The van der Waals surface area contributed by atoms with Gasteiger partial charge in [-0.05, 0) is 11.5 Å². The van der Waals surface area contributed by atoms with Crippen LogP contribution in [0, 0.1) is 5.92 Å². The molecule has 0 atom stereocenters. The van der Waals surface area contributed by atoms with Gasteiger partial charge in [-0.1, -0.05) is 44.2 Å². The van der Waals surface area contributed by atoms with Gasteiger partial charge in [0.05, 0.1) is 6.54 Å². The van der Waals surface area contributed by atoms with E-state index < -0.39 is 0 Å². The Morgan fingerprint density at radius 2 is 1.92 bits per heavy atom. The summed E-state index contributed by atoms with van der Waals surface area (Å²) in [6.07, 6.45) is 0.755. The molecular weight excluding hydrogens is 316 g/mol. The van der Waals surface area contributed by atoms with E-state index in [0.29, 0.717) is 24.7 Å². The van der Waals surface area contributed by atoms with E-state index >= 15 is 0 Å². The standard InChI is InChI=1S/C18H22N6O/c1-13(2)10-15-19-20-17-18(25)23-9-8-22(12-16(23)21-24(15)17)11-14-6-4-3-5-7-14/h3-7,13H,8-12H2,1-2H3. The lowest BCUT2D eigenvalue weighted by molar-refractivity contribution is 0.201. The normalized spacial score (nSPS) is 15.0. The average Bonchev–Trinajstić information content (AvgIpc) is 2.98. The zero-order chi connectivity index (χ0) is 17.4. The van der Waals surface area contributed by atoms with Gasteiger partial charge in [-0.2, -0.15) is 4.52 Å². The molecule has 0 fully saturated rings. The minimum Gasteiger partial charge on any atom is -0.290 e. The monoisotopic (exact) mass is 338 g/mol. The molecule has 0 N–H and O–H groups in total. The molecule has 0 radical (unpaired) electrons. The summed E-state index contributed by atoms with van der Waals surface area (Å²) >= 11 is 0. The van der Waals surface area contributed by atoms with Crippen molar-refractivity contribution < 1.29 is 0 Å². The quantitative estimate of drug-likeness (QED) is 0.721. The fourth-order valence-electron chi connectivity index (χ4n) is 3.29. The molecule has 0 unspecified atom stereocenters. The highest BCUT2D eigenvalue weighted by Crippen LogP contribution is 2.13. The van der Waals surface area contributed by atoms with Crippen molar-refractivity contribution in [3.8, 4) is 0 Å². The lowest BCUT2D eigenvalue weighted by Crippen LogP contribution is -2.40. The van der Waals surface area contributed by atoms with Gasteiger partial charge in [-0.25, -0.2) is 0 Å². The molecule has 0 saturated heterocycles. The van der Waals surface area contributed by atoms with Crippen LogP contribution >= 0.6 is 0 Å². The van der Waals surface area contributed by atoms with Crippen molar-refractivity contribution in [3.05, 3.63) is 57.9 Å². The minimum absolute atomic E-state index is 0.0909. The van der Waals surface area contributed by atoms with E-state index in [4.69, 9.17) is 5.10 Å². The molecule has 0 spiro atoms. The minimum atomic E-state index is -0.0909. The van der Waals surface area contributed by atoms with Crippen LogP contribution in [0.1, 0.15) is 31.1 Å². The van der Waals surface area contributed by atoms with E-state index in [9.17, 15) is 4.79 Å². The summed E-state index contributed by atoms with van der Waals surface area (Å²) in [7, 11) is 0. The Bertz CT molecular complexity index is 943. The first-order valence-corrected chi connectivity index (χ1v) is 8.72. The Morgan fingerprint density at radius 3 is 2.68 bits per heavy atom. The van der Waals surface area contributed by atoms with Gasteiger partial charge in [-0.15, -0.1) is 15.3 Å². The molecule has 0 amide bonds. The van der Waals surface area contributed by atoms with E-state index in [0.717, 1.165) is 31.2 Å². The third-order valence-corrected chi connectivity index (χ3v) is 4.51. The first-order valence-electron chi connectivity index (χ1n) is 8.72. The van der Waals surface area contributed by atoms with Crippen LogP contribution in [0.25, 0.3) is 5.65 Å². The maximum absolute atomic E-state index is 12.7. The van der Waals surface area contributed by atoms with E-state index in [2.05, 4.69) is 53.2 Å². The Morgan fingerprint density at radius 1 is 1.12 bits per heavy atom. The van der Waals surface area contributed by atoms with Crippen LogP contribution in [0.5, 0.6) is 0 Å². The predicted octanol–water partition coefficient (Wildman–Crippen LogP) is 1.50. The first kappa shape index (κ1) is 16.0. The summed E-state index contributed by atoms with van der Waals surface area (Å²) in [5.41, 5.74) is 1.51. The lowest BCUT2D eigenvalue weighted by Gasteiger charge is -2.28. The maximum atomic E-state index is 12.7. The predicted molar refractivity (Wildman–Crippen MR) is 94.1 cm³/mol. The molecule has 25 heavy (non-hydrogen) atoms. The van der Waals surface area contributed by atoms with Crippen LogP contribution in [0.15, 0.2) is 35.1 Å². The average molecular weight is 338 g/mol. The van der Waals surface area contributed by atoms with Gasteiger partial charge >= 0.3 is 0 Å². The summed E-state index contributed by atoms with van der Waals surface area (Å²) in [6.45, 7) is 7.21. The first-order chi connectivity index (χ1) is 12.1. The van der Waals surface area contributed by atoms with Gasteiger partial charge in [0.2, 0.25) is 5.65 Å². The van der Waals surface area contributed by atoms with Crippen LogP contribution in [-0.4, -0.2) is 35.8 Å². The zero-order valence-corrected chi connectivity index (χ0v) is 14.6. The molecule has 3 heterocycles. The van der Waals surface area contributed by atoms with Crippen LogP contribution in [-0.2, 0) is 26.1 Å². The molecule has 0 saturated carbocycles. The maximum Gasteiger partial charge on any atom is 0.299 e. The molecule has 0 bridgehead atoms. The summed E-state index contributed by atoms with van der Waals surface area (Å²) in [6, 6.07) is 10.4. The number of nitrogens with zero attached hydrogens (tertiary/aromatic N) is 6. The summed E-state index contributed by atoms with van der Waals surface area (Å²) in [4.78, 5) is 15.0. The van der Waals surface area contributed by atoms with Crippen molar-refractivity contribution in [1.82, 2.24) is 29.3 Å². The van der Waals surface area contributed by atoms with E-state index in [1.807, 2.05) is 6.07 Å². The van der Waals surface area contributed by atoms with Crippen molar-refractivity contribution in [3.63, 3.8) is 0 Å². The molecule has 7 heteroatoms. The molecule has 3 aromatic rings. The second-order valence-electron chi connectivity index (χ2n) is 7.02. The smallest absolute Gasteiger partial charge is 0.290 e. The second kappa shape index (κ2) is 6.40. The zero-order valence-electron chi connectivity index (χ0n) is 14.6. The molecule has 1 aliphatic rings. The Kier molecular flexibility index (Phi) is 4.09. The summed E-state index contributed by atoms with van der Waals surface area (Å²) < 4.78 is 3.38. The number of rotatable bonds is 4. The van der Waals surface area contributed by atoms with Gasteiger partial charge in [0.1, 0.15) is 5.82 Å². The molecule has 0 aliphatic carbocycles. The van der Waals surface area contributed by atoms with Gasteiger partial charge in [-0.3, -0.25) is 14.3 Å². The molecule has 2 aromatic heterocycles. The van der Waals surface area contributed by atoms with Gasteiger partial charge in [0.25, 0.3) is 5.56 Å². The van der Waals surface area contributed by atoms with Crippen LogP contribution in [0.4, 0.5) is 0 Å². The molecular formula is C18H22N6O. The summed E-state index contributed by atoms with van der Waals surface area (Å²) in [5, 5.41) is 12.9. The Labute approximate surface area is 145 Å². The van der Waals surface area contributed by atoms with Crippen molar-refractivity contribution in [2.24, 2.45) is 5.92 Å². The van der Waals surface area contributed by atoms with Crippen LogP contribution < -0.4 is 5.56 Å². The molecule has 7 nitrogen and oxygen atoms in total. The summed E-state index contributed by atoms with van der Waals surface area (Å²) in [5.74, 6) is 1.97. The van der Waals surface area contributed by atoms with Crippen molar-refractivity contribution >= 4 is 5.65 Å². The number of aromatic nitrogens is 5. The largest absolute Gasteiger partial charge is 0.299 e. The third-order valence-electron chi connectivity index (χ3n) is 4.51. The highest BCUT2D eigenvalue weighted by Gasteiger charge is 2.22. The highest BCUT2D eigenvalue weighted by molar-refractivity contribution is 5.33. The molecule has 4 rings (SSSR count).